The average Bonchev–Trinajstić information content (AvgIpc) is 3.11. The van der Waals surface area contributed by atoms with Crippen molar-refractivity contribution in [1.82, 2.24) is 14.9 Å². The van der Waals surface area contributed by atoms with Gasteiger partial charge < -0.3 is 5.32 Å². The first-order valence-electron chi connectivity index (χ1n) is 5.56. The van der Waals surface area contributed by atoms with Gasteiger partial charge in [-0.15, -0.1) is 0 Å². The van der Waals surface area contributed by atoms with Crippen LogP contribution in [-0.2, 0) is 11.3 Å². The molecule has 1 aliphatic carbocycles. The summed E-state index contributed by atoms with van der Waals surface area (Å²) in [6, 6.07) is 0. The molecule has 1 heterocycles. The van der Waals surface area contributed by atoms with E-state index in [1.807, 2.05) is 22.6 Å². The molecule has 1 saturated carbocycles. The van der Waals surface area contributed by atoms with Gasteiger partial charge >= 0.3 is 0 Å². The maximum absolute atomic E-state index is 11.8. The highest BCUT2D eigenvalue weighted by Gasteiger charge is 2.21. The summed E-state index contributed by atoms with van der Waals surface area (Å²) in [6.07, 6.45) is 3.92. The van der Waals surface area contributed by atoms with Crippen molar-refractivity contribution in [3.05, 3.63) is 25.9 Å². The number of aryl methyl sites for hydroxylation is 1. The zero-order valence-electron chi connectivity index (χ0n) is 9.57. The minimum atomic E-state index is -0.153. The lowest BCUT2D eigenvalue weighted by Gasteiger charge is -2.09. The average molecular weight is 347 g/mol. The highest BCUT2D eigenvalue weighted by atomic mass is 127. The van der Waals surface area contributed by atoms with Crippen molar-refractivity contribution in [1.29, 1.82) is 0 Å². The minimum absolute atomic E-state index is 0.0568. The summed E-state index contributed by atoms with van der Waals surface area (Å²) in [4.78, 5) is 27.5. The van der Waals surface area contributed by atoms with E-state index in [0.717, 1.165) is 6.54 Å². The van der Waals surface area contributed by atoms with Gasteiger partial charge in [0.2, 0.25) is 5.91 Å². The van der Waals surface area contributed by atoms with Crippen molar-refractivity contribution < 1.29 is 4.79 Å². The first-order valence-corrected chi connectivity index (χ1v) is 6.64. The molecule has 1 amide bonds. The van der Waals surface area contributed by atoms with Crippen LogP contribution in [0.3, 0.4) is 0 Å². The van der Waals surface area contributed by atoms with Crippen molar-refractivity contribution in [2.24, 2.45) is 5.92 Å². The largest absolute Gasteiger partial charge is 0.354 e. The standard InChI is InChI=1S/C11H14IN3O2/c1-7-13-5-9(12)11(17)15(7)6-10(16)14-4-8-2-3-8/h5,8H,2-4,6H2,1H3,(H,14,16). The molecule has 0 spiro atoms. The molecule has 17 heavy (non-hydrogen) atoms. The van der Waals surface area contributed by atoms with Crippen LogP contribution in [0.4, 0.5) is 0 Å². The van der Waals surface area contributed by atoms with Gasteiger partial charge in [-0.05, 0) is 48.3 Å². The predicted octanol–water partition coefficient (Wildman–Crippen LogP) is 0.683. The van der Waals surface area contributed by atoms with Crippen molar-refractivity contribution in [2.75, 3.05) is 6.54 Å². The second-order valence-electron chi connectivity index (χ2n) is 4.29. The van der Waals surface area contributed by atoms with Crippen molar-refractivity contribution in [3.8, 4) is 0 Å². The van der Waals surface area contributed by atoms with Crippen molar-refractivity contribution >= 4 is 28.5 Å². The summed E-state index contributed by atoms with van der Waals surface area (Å²) in [6.45, 7) is 2.51. The molecule has 1 aromatic rings. The van der Waals surface area contributed by atoms with E-state index in [1.165, 1.54) is 23.6 Å². The lowest BCUT2D eigenvalue weighted by atomic mass is 10.4. The summed E-state index contributed by atoms with van der Waals surface area (Å²) in [5, 5.41) is 2.84. The van der Waals surface area contributed by atoms with Gasteiger partial charge in [0, 0.05) is 12.7 Å². The van der Waals surface area contributed by atoms with E-state index in [1.54, 1.807) is 6.92 Å². The predicted molar refractivity (Wildman–Crippen MR) is 71.7 cm³/mol. The van der Waals surface area contributed by atoms with Crippen LogP contribution in [0.2, 0.25) is 0 Å². The van der Waals surface area contributed by atoms with E-state index in [-0.39, 0.29) is 18.0 Å². The van der Waals surface area contributed by atoms with Crippen LogP contribution in [0.15, 0.2) is 11.0 Å². The Kier molecular flexibility index (Phi) is 3.80. The smallest absolute Gasteiger partial charge is 0.267 e. The Morgan fingerprint density at radius 3 is 3.00 bits per heavy atom. The molecule has 1 fully saturated rings. The minimum Gasteiger partial charge on any atom is -0.354 e. The van der Waals surface area contributed by atoms with Crippen LogP contribution in [-0.4, -0.2) is 22.0 Å². The van der Waals surface area contributed by atoms with E-state index in [0.29, 0.717) is 15.3 Å². The molecule has 0 aromatic carbocycles. The molecule has 1 aromatic heterocycles. The van der Waals surface area contributed by atoms with Crippen LogP contribution in [0, 0.1) is 16.4 Å². The Labute approximate surface area is 113 Å². The highest BCUT2D eigenvalue weighted by molar-refractivity contribution is 14.1. The number of nitrogens with zero attached hydrogens (tertiary/aromatic N) is 2. The topological polar surface area (TPSA) is 64.0 Å². The molecule has 0 aliphatic heterocycles. The number of halogens is 1. The number of aromatic nitrogens is 2. The number of nitrogens with one attached hydrogen (secondary N) is 1. The third kappa shape index (κ3) is 3.27. The summed E-state index contributed by atoms with van der Waals surface area (Å²) in [7, 11) is 0. The van der Waals surface area contributed by atoms with Crippen LogP contribution < -0.4 is 10.9 Å². The lowest BCUT2D eigenvalue weighted by Crippen LogP contribution is -2.35. The fourth-order valence-corrected chi connectivity index (χ4v) is 1.95. The third-order valence-corrected chi connectivity index (χ3v) is 3.53. The molecule has 5 nitrogen and oxygen atoms in total. The first kappa shape index (κ1) is 12.5. The van der Waals surface area contributed by atoms with Crippen LogP contribution in [0.5, 0.6) is 0 Å². The number of carbonyl (C=O) groups excluding carboxylic acids is 1. The van der Waals surface area contributed by atoms with Gasteiger partial charge in [-0.3, -0.25) is 14.2 Å². The zero-order valence-corrected chi connectivity index (χ0v) is 11.7. The zero-order chi connectivity index (χ0) is 12.4. The van der Waals surface area contributed by atoms with Crippen LogP contribution >= 0.6 is 22.6 Å². The summed E-state index contributed by atoms with van der Waals surface area (Å²) < 4.78 is 1.94. The molecule has 1 aliphatic rings. The number of hydrogen-bond acceptors (Lipinski definition) is 3. The second-order valence-corrected chi connectivity index (χ2v) is 5.45. The van der Waals surface area contributed by atoms with Gasteiger partial charge in [-0.25, -0.2) is 4.98 Å². The monoisotopic (exact) mass is 347 g/mol. The Morgan fingerprint density at radius 2 is 2.35 bits per heavy atom. The summed E-state index contributed by atoms with van der Waals surface area (Å²) >= 11 is 1.93. The summed E-state index contributed by atoms with van der Waals surface area (Å²) in [5.41, 5.74) is -0.153. The Bertz CT molecular complexity index is 494. The Balaban J connectivity index is 2.04. The molecular weight excluding hydrogens is 333 g/mol. The fourth-order valence-electron chi connectivity index (χ4n) is 1.52. The van der Waals surface area contributed by atoms with E-state index in [2.05, 4.69) is 10.3 Å². The number of carbonyl (C=O) groups is 1. The third-order valence-electron chi connectivity index (χ3n) is 2.79. The number of rotatable bonds is 4. The molecule has 92 valence electrons. The lowest BCUT2D eigenvalue weighted by molar-refractivity contribution is -0.121. The summed E-state index contributed by atoms with van der Waals surface area (Å²) in [5.74, 6) is 1.09. The molecule has 0 unspecified atom stereocenters. The van der Waals surface area contributed by atoms with Gasteiger partial charge in [0.05, 0.1) is 3.57 Å². The van der Waals surface area contributed by atoms with Crippen LogP contribution in [0.25, 0.3) is 0 Å². The van der Waals surface area contributed by atoms with Crippen molar-refractivity contribution in [3.63, 3.8) is 0 Å². The molecule has 6 heteroatoms. The molecule has 2 rings (SSSR count). The van der Waals surface area contributed by atoms with Gasteiger partial charge in [-0.1, -0.05) is 0 Å². The first-order chi connectivity index (χ1) is 8.08. The molecule has 0 saturated heterocycles. The Morgan fingerprint density at radius 1 is 1.65 bits per heavy atom. The van der Waals surface area contributed by atoms with Gasteiger partial charge in [-0.2, -0.15) is 0 Å². The molecule has 0 atom stereocenters. The van der Waals surface area contributed by atoms with E-state index in [9.17, 15) is 9.59 Å². The van der Waals surface area contributed by atoms with Crippen molar-refractivity contribution in [2.45, 2.75) is 26.3 Å². The normalized spacial score (nSPS) is 14.7. The quantitative estimate of drug-likeness (QED) is 0.815. The molecule has 0 radical (unpaired) electrons. The highest BCUT2D eigenvalue weighted by Crippen LogP contribution is 2.27. The van der Waals surface area contributed by atoms with E-state index in [4.69, 9.17) is 0 Å². The SMILES string of the molecule is Cc1ncc(I)c(=O)n1CC(=O)NCC1CC1. The van der Waals surface area contributed by atoms with E-state index < -0.39 is 0 Å². The Hall–Kier alpha value is -0.920. The van der Waals surface area contributed by atoms with Crippen LogP contribution in [0.1, 0.15) is 18.7 Å². The van der Waals surface area contributed by atoms with Gasteiger partial charge in [0.25, 0.3) is 5.56 Å². The van der Waals surface area contributed by atoms with Gasteiger partial charge in [0.1, 0.15) is 12.4 Å². The maximum Gasteiger partial charge on any atom is 0.267 e. The molecule has 0 bridgehead atoms. The number of hydrogen-bond donors (Lipinski definition) is 1. The fraction of sp³-hybridized carbons (Fsp3) is 0.545. The molecular formula is C11H14IN3O2. The second kappa shape index (κ2) is 5.16. The van der Waals surface area contributed by atoms with Gasteiger partial charge in [0.15, 0.2) is 0 Å². The maximum atomic E-state index is 11.8. The van der Waals surface area contributed by atoms with E-state index >= 15 is 0 Å². The molecule has 1 N–H and O–H groups in total. The number of amides is 1.